The van der Waals surface area contributed by atoms with Crippen LogP contribution in [-0.2, 0) is 5.41 Å². The monoisotopic (exact) mass is 964 g/mol. The minimum Gasteiger partial charge on any atom is -0.506 e. The molecule has 0 bridgehead atoms. The van der Waals surface area contributed by atoms with Crippen molar-refractivity contribution in [1.29, 1.82) is 0 Å². The van der Waals surface area contributed by atoms with E-state index in [1.807, 2.05) is 146 Å². The third-order valence-corrected chi connectivity index (χ3v) is 12.9. The first kappa shape index (κ1) is 46.6. The average Bonchev–Trinajstić information content (AvgIpc) is 3.85. The maximum atomic E-state index is 10.5. The highest BCUT2D eigenvalue weighted by Gasteiger charge is 2.50. The van der Waals surface area contributed by atoms with E-state index in [-0.39, 0.29) is 22.9 Å². The maximum Gasteiger partial charge on any atom is 0.142 e. The largest absolute Gasteiger partial charge is 0.506 e. The molecule has 6 N–H and O–H groups in total. The molecule has 1 aliphatic rings. The summed E-state index contributed by atoms with van der Waals surface area (Å²) in [6, 6.07) is 73.7. The third kappa shape index (κ3) is 9.59. The molecule has 0 amide bonds. The highest BCUT2D eigenvalue weighted by atomic mass is 16.5. The van der Waals surface area contributed by atoms with Crippen molar-refractivity contribution in [3.63, 3.8) is 0 Å². The summed E-state index contributed by atoms with van der Waals surface area (Å²) in [6.45, 7) is 0. The lowest BCUT2D eigenvalue weighted by Crippen LogP contribution is -2.30. The lowest BCUT2D eigenvalue weighted by molar-refractivity contribution is 0.456. The summed E-state index contributed by atoms with van der Waals surface area (Å²) in [6.07, 6.45) is 0. The Morgan fingerprint density at radius 1 is 0.307 bits per heavy atom. The number of fused-ring (bicyclic) bond motifs is 3. The van der Waals surface area contributed by atoms with E-state index in [4.69, 9.17) is 20.9 Å². The van der Waals surface area contributed by atoms with E-state index in [2.05, 4.69) is 95.9 Å². The van der Waals surface area contributed by atoms with E-state index in [9.17, 15) is 10.2 Å². The first-order valence-electron chi connectivity index (χ1n) is 24.2. The molecule has 0 aromatic heterocycles. The summed E-state index contributed by atoms with van der Waals surface area (Å²) < 4.78 is 12.7. The van der Waals surface area contributed by atoms with Crippen molar-refractivity contribution >= 4 is 11.4 Å². The zero-order valence-corrected chi connectivity index (χ0v) is 40.3. The molecule has 0 unspecified atom stereocenters. The molecule has 75 heavy (non-hydrogen) atoms. The molecule has 0 atom stereocenters. The van der Waals surface area contributed by atoms with Gasteiger partial charge >= 0.3 is 0 Å². The molecular weight excluding hydrogens is 921 g/mol. The minimum atomic E-state index is -1.17. The van der Waals surface area contributed by atoms with Crippen LogP contribution in [0.1, 0.15) is 66.8 Å². The predicted octanol–water partition coefficient (Wildman–Crippen LogP) is 13.8. The number of phenolic OH excluding ortho intramolecular Hbond substituents is 2. The molecule has 6 heteroatoms. The first-order valence-corrected chi connectivity index (χ1v) is 24.2. The van der Waals surface area contributed by atoms with Crippen molar-refractivity contribution in [2.24, 2.45) is 0 Å². The van der Waals surface area contributed by atoms with Crippen molar-refractivity contribution in [2.75, 3.05) is 11.5 Å². The topological polar surface area (TPSA) is 111 Å². The standard InChI is InChI=1S/C69H44N2O4/c70-61-43-41-59(45-63(61)72)74-57-37-33-55(34-38-57)69(56-35-39-58(40-36-56)75-60-42-44-62(71)64(73)46-60)67-53(27-23-49-17-9-3-10-18-49)31-29-51(25-21-47-13-5-1-6-14-47)65(67)66-52(26-22-48-15-7-2-8-16-48)30-32-54(68(66)69)28-24-50-19-11-4-12-20-50/h1-20,29-46,72-73H,70-71H2. The van der Waals surface area contributed by atoms with Gasteiger partial charge in [0.25, 0.3) is 0 Å². The molecule has 0 radical (unpaired) electrons. The molecule has 6 nitrogen and oxygen atoms in total. The minimum absolute atomic E-state index is 0.0755. The number of rotatable bonds is 6. The number of nitrogens with two attached hydrogens (primary N) is 2. The van der Waals surface area contributed by atoms with Crippen LogP contribution in [0, 0.1) is 47.4 Å². The summed E-state index contributed by atoms with van der Waals surface area (Å²) in [5.41, 5.74) is 23.1. The van der Waals surface area contributed by atoms with Gasteiger partial charge in [0.15, 0.2) is 0 Å². The van der Waals surface area contributed by atoms with Crippen LogP contribution in [0.4, 0.5) is 11.4 Å². The van der Waals surface area contributed by atoms with E-state index in [1.165, 1.54) is 12.1 Å². The van der Waals surface area contributed by atoms with E-state index >= 15 is 0 Å². The molecule has 10 aromatic rings. The normalized spacial score (nSPS) is 11.4. The van der Waals surface area contributed by atoms with Crippen LogP contribution in [0.2, 0.25) is 0 Å². The van der Waals surface area contributed by atoms with Gasteiger partial charge in [-0.15, -0.1) is 0 Å². The molecule has 1 aliphatic carbocycles. The summed E-state index contributed by atoms with van der Waals surface area (Å²) >= 11 is 0. The Bertz CT molecular complexity index is 3770. The smallest absolute Gasteiger partial charge is 0.142 e. The Kier molecular flexibility index (Phi) is 12.8. The molecule has 10 aromatic carbocycles. The Labute approximate surface area is 436 Å². The number of hydrogen-bond donors (Lipinski definition) is 4. The fourth-order valence-corrected chi connectivity index (χ4v) is 9.43. The van der Waals surface area contributed by atoms with Crippen molar-refractivity contribution in [3.05, 3.63) is 297 Å². The highest BCUT2D eigenvalue weighted by molar-refractivity contribution is 5.96. The van der Waals surface area contributed by atoms with Crippen molar-refractivity contribution < 1.29 is 19.7 Å². The lowest BCUT2D eigenvalue weighted by Gasteiger charge is -2.35. The van der Waals surface area contributed by atoms with Gasteiger partial charge in [-0.3, -0.25) is 0 Å². The van der Waals surface area contributed by atoms with E-state index in [1.54, 1.807) is 24.3 Å². The van der Waals surface area contributed by atoms with Crippen molar-refractivity contribution in [2.45, 2.75) is 5.41 Å². The Hall–Kier alpha value is -10.8. The zero-order chi connectivity index (χ0) is 51.1. The van der Waals surface area contributed by atoms with Gasteiger partial charge in [-0.1, -0.05) is 144 Å². The first-order chi connectivity index (χ1) is 36.8. The molecular formula is C69H44N2O4. The van der Waals surface area contributed by atoms with Crippen molar-refractivity contribution in [1.82, 2.24) is 0 Å². The fourth-order valence-electron chi connectivity index (χ4n) is 9.43. The molecule has 0 fully saturated rings. The van der Waals surface area contributed by atoms with Gasteiger partial charge in [0.05, 0.1) is 16.8 Å². The second-order valence-corrected chi connectivity index (χ2v) is 17.7. The van der Waals surface area contributed by atoms with E-state index in [0.29, 0.717) is 23.0 Å². The molecule has 0 aliphatic heterocycles. The van der Waals surface area contributed by atoms with Gasteiger partial charge < -0.3 is 31.2 Å². The quantitative estimate of drug-likeness (QED) is 0.0751. The van der Waals surface area contributed by atoms with Crippen LogP contribution in [0.3, 0.4) is 0 Å². The zero-order valence-electron chi connectivity index (χ0n) is 40.3. The van der Waals surface area contributed by atoms with Gasteiger partial charge in [-0.2, -0.15) is 0 Å². The predicted molar refractivity (Wildman–Crippen MR) is 299 cm³/mol. The van der Waals surface area contributed by atoms with Crippen LogP contribution < -0.4 is 20.9 Å². The Morgan fingerprint density at radius 3 is 0.920 bits per heavy atom. The average molecular weight is 965 g/mol. The molecule has 0 saturated carbocycles. The second kappa shape index (κ2) is 20.5. The molecule has 0 saturated heterocycles. The van der Waals surface area contributed by atoms with Crippen LogP contribution >= 0.6 is 0 Å². The van der Waals surface area contributed by atoms with Crippen LogP contribution in [-0.4, -0.2) is 10.2 Å². The highest BCUT2D eigenvalue weighted by Crippen LogP contribution is 2.60. The fraction of sp³-hybridized carbons (Fsp3) is 0.0145. The number of ether oxygens (including phenoxy) is 2. The van der Waals surface area contributed by atoms with Gasteiger partial charge in [0.2, 0.25) is 0 Å². The number of benzene rings is 10. The van der Waals surface area contributed by atoms with E-state index in [0.717, 1.165) is 77.9 Å². The summed E-state index contributed by atoms with van der Waals surface area (Å²) in [4.78, 5) is 0. The Balaban J connectivity index is 1.26. The summed E-state index contributed by atoms with van der Waals surface area (Å²) in [7, 11) is 0. The van der Waals surface area contributed by atoms with E-state index < -0.39 is 5.41 Å². The van der Waals surface area contributed by atoms with Gasteiger partial charge in [-0.25, -0.2) is 0 Å². The number of hydrogen-bond acceptors (Lipinski definition) is 6. The summed E-state index contributed by atoms with van der Waals surface area (Å²) in [5.74, 6) is 30.3. The molecule has 0 heterocycles. The number of anilines is 2. The SMILES string of the molecule is Nc1ccc(Oc2ccc(C3(c4ccc(Oc5ccc(N)c(O)c5)cc4)c4c(C#Cc5ccccc5)ccc(C#Cc5ccccc5)c4-c4c(C#Cc5ccccc5)ccc(C#Cc5ccccc5)c43)cc2)cc1O. The van der Waals surface area contributed by atoms with Crippen LogP contribution in [0.5, 0.6) is 34.5 Å². The number of aromatic hydroxyl groups is 2. The molecule has 0 spiro atoms. The summed E-state index contributed by atoms with van der Waals surface area (Å²) in [5, 5.41) is 21.0. The Morgan fingerprint density at radius 2 is 0.600 bits per heavy atom. The van der Waals surface area contributed by atoms with Crippen LogP contribution in [0.15, 0.2) is 231 Å². The van der Waals surface area contributed by atoms with Crippen molar-refractivity contribution in [3.8, 4) is 93.0 Å². The molecule has 11 rings (SSSR count). The number of phenols is 2. The number of nitrogen functional groups attached to an aromatic ring is 2. The maximum absolute atomic E-state index is 10.5. The van der Waals surface area contributed by atoms with Gasteiger partial charge in [-0.05, 0) is 144 Å². The molecule has 354 valence electrons. The lowest BCUT2D eigenvalue weighted by atomic mass is 9.65. The van der Waals surface area contributed by atoms with Gasteiger partial charge in [0.1, 0.15) is 34.5 Å². The van der Waals surface area contributed by atoms with Gasteiger partial charge in [0, 0.05) is 67.8 Å². The van der Waals surface area contributed by atoms with Crippen LogP contribution in [0.25, 0.3) is 11.1 Å². The third-order valence-electron chi connectivity index (χ3n) is 12.9. The second-order valence-electron chi connectivity index (χ2n) is 17.7.